The Kier molecular flexibility index (Phi) is 1.29. The van der Waals surface area contributed by atoms with Crippen molar-refractivity contribution >= 4 is 0 Å². The molecule has 0 saturated carbocycles. The Morgan fingerprint density at radius 2 is 2.12 bits per heavy atom. The van der Waals surface area contributed by atoms with E-state index < -0.39 is 0 Å². The molecule has 0 aromatic heterocycles. The Labute approximate surface area is 48.4 Å². The van der Waals surface area contributed by atoms with Crippen LogP contribution in [0.2, 0.25) is 0 Å². The lowest BCUT2D eigenvalue weighted by molar-refractivity contribution is 0.264. The van der Waals surface area contributed by atoms with E-state index in [-0.39, 0.29) is 12.3 Å². The number of hydrogen-bond donors (Lipinski definition) is 1. The molecule has 0 aromatic rings. The lowest BCUT2D eigenvalue weighted by Crippen LogP contribution is -2.10. The van der Waals surface area contributed by atoms with E-state index >= 15 is 0 Å². The van der Waals surface area contributed by atoms with E-state index in [2.05, 4.69) is 10.2 Å². The van der Waals surface area contributed by atoms with Gasteiger partial charge in [0.25, 0.3) is 0 Å². The molecule has 3 heteroatoms. The van der Waals surface area contributed by atoms with Crippen LogP contribution >= 0.6 is 0 Å². The third kappa shape index (κ3) is 0.865. The SMILES string of the molecule is CCC1(CCO)N=N1. The molecule has 46 valence electrons. The van der Waals surface area contributed by atoms with Gasteiger partial charge in [-0.15, -0.1) is 0 Å². The maximum Gasteiger partial charge on any atom is 0.192 e. The molecule has 1 aliphatic rings. The van der Waals surface area contributed by atoms with Gasteiger partial charge in [-0.3, -0.25) is 0 Å². The van der Waals surface area contributed by atoms with Gasteiger partial charge in [-0.1, -0.05) is 6.92 Å². The highest BCUT2D eigenvalue weighted by atomic mass is 16.3. The monoisotopic (exact) mass is 114 g/mol. The number of aliphatic hydroxyl groups is 1. The van der Waals surface area contributed by atoms with E-state index in [4.69, 9.17) is 5.11 Å². The molecule has 8 heavy (non-hydrogen) atoms. The Morgan fingerprint density at radius 1 is 1.50 bits per heavy atom. The first-order chi connectivity index (χ1) is 3.83. The van der Waals surface area contributed by atoms with E-state index in [1.807, 2.05) is 6.92 Å². The van der Waals surface area contributed by atoms with Gasteiger partial charge in [0.15, 0.2) is 5.66 Å². The average Bonchev–Trinajstić information content (AvgIpc) is 2.50. The predicted octanol–water partition coefficient (Wildman–Crippen LogP) is 0.941. The fourth-order valence-electron chi connectivity index (χ4n) is 0.668. The zero-order chi connectivity index (χ0) is 6.04. The summed E-state index contributed by atoms with van der Waals surface area (Å²) < 4.78 is 0. The maximum absolute atomic E-state index is 8.45. The average molecular weight is 114 g/mol. The first kappa shape index (κ1) is 5.69. The van der Waals surface area contributed by atoms with Gasteiger partial charge < -0.3 is 5.11 Å². The van der Waals surface area contributed by atoms with Gasteiger partial charge in [0.2, 0.25) is 0 Å². The summed E-state index contributed by atoms with van der Waals surface area (Å²) in [7, 11) is 0. The highest BCUT2D eigenvalue weighted by molar-refractivity contribution is 4.90. The molecule has 0 radical (unpaired) electrons. The van der Waals surface area contributed by atoms with Crippen molar-refractivity contribution in [1.82, 2.24) is 0 Å². The summed E-state index contributed by atoms with van der Waals surface area (Å²) in [6.07, 6.45) is 1.62. The minimum atomic E-state index is -0.158. The molecule has 0 amide bonds. The van der Waals surface area contributed by atoms with Crippen molar-refractivity contribution in [3.05, 3.63) is 0 Å². The third-order valence-corrected chi connectivity index (χ3v) is 1.46. The van der Waals surface area contributed by atoms with Gasteiger partial charge in [-0.05, 0) is 6.42 Å². The first-order valence-electron chi connectivity index (χ1n) is 2.88. The molecule has 0 fully saturated rings. The molecular weight excluding hydrogens is 104 g/mol. The highest BCUT2D eigenvalue weighted by Crippen LogP contribution is 2.34. The molecule has 0 aliphatic carbocycles. The van der Waals surface area contributed by atoms with Gasteiger partial charge in [-0.25, -0.2) is 0 Å². The van der Waals surface area contributed by atoms with Gasteiger partial charge in [-0.2, -0.15) is 10.2 Å². The van der Waals surface area contributed by atoms with E-state index in [1.165, 1.54) is 0 Å². The smallest absolute Gasteiger partial charge is 0.192 e. The zero-order valence-corrected chi connectivity index (χ0v) is 4.96. The molecule has 0 bridgehead atoms. The molecule has 1 rings (SSSR count). The summed E-state index contributed by atoms with van der Waals surface area (Å²) in [4.78, 5) is 0. The van der Waals surface area contributed by atoms with Crippen molar-refractivity contribution in [2.75, 3.05) is 6.61 Å². The van der Waals surface area contributed by atoms with Crippen LogP contribution in [0, 0.1) is 0 Å². The fraction of sp³-hybridized carbons (Fsp3) is 1.00. The number of hydrogen-bond acceptors (Lipinski definition) is 3. The second-order valence-electron chi connectivity index (χ2n) is 2.01. The molecule has 0 saturated heterocycles. The van der Waals surface area contributed by atoms with Gasteiger partial charge in [0, 0.05) is 13.0 Å². The lowest BCUT2D eigenvalue weighted by Gasteiger charge is -2.01. The summed E-state index contributed by atoms with van der Waals surface area (Å²) in [5.74, 6) is 0. The summed E-state index contributed by atoms with van der Waals surface area (Å²) in [5, 5.41) is 16.1. The summed E-state index contributed by atoms with van der Waals surface area (Å²) >= 11 is 0. The van der Waals surface area contributed by atoms with Crippen molar-refractivity contribution in [3.63, 3.8) is 0 Å². The minimum absolute atomic E-state index is 0.158. The topological polar surface area (TPSA) is 45.0 Å². The summed E-state index contributed by atoms with van der Waals surface area (Å²) in [6, 6.07) is 0. The molecule has 0 aromatic carbocycles. The molecule has 3 nitrogen and oxygen atoms in total. The summed E-state index contributed by atoms with van der Waals surface area (Å²) in [5.41, 5.74) is -0.158. The number of rotatable bonds is 3. The van der Waals surface area contributed by atoms with E-state index in [0.717, 1.165) is 6.42 Å². The Balaban J connectivity index is 2.21. The number of nitrogens with zero attached hydrogens (tertiary/aromatic N) is 2. The minimum Gasteiger partial charge on any atom is -0.396 e. The number of aliphatic hydroxyl groups excluding tert-OH is 1. The fourth-order valence-corrected chi connectivity index (χ4v) is 0.668. The summed E-state index contributed by atoms with van der Waals surface area (Å²) in [6.45, 7) is 2.22. The van der Waals surface area contributed by atoms with Gasteiger partial charge in [0.1, 0.15) is 0 Å². The van der Waals surface area contributed by atoms with Crippen LogP contribution in [0.15, 0.2) is 10.2 Å². The standard InChI is InChI=1S/C5H10N2O/c1-2-5(3-4-8)6-7-5/h8H,2-4H2,1H3. The van der Waals surface area contributed by atoms with Crippen LogP contribution in [0.25, 0.3) is 0 Å². The van der Waals surface area contributed by atoms with Crippen molar-refractivity contribution in [3.8, 4) is 0 Å². The van der Waals surface area contributed by atoms with Gasteiger partial charge >= 0.3 is 0 Å². The van der Waals surface area contributed by atoms with Crippen molar-refractivity contribution in [1.29, 1.82) is 0 Å². The highest BCUT2D eigenvalue weighted by Gasteiger charge is 2.36. The Bertz CT molecular complexity index is 105. The largest absolute Gasteiger partial charge is 0.396 e. The Hall–Kier alpha value is -0.440. The van der Waals surface area contributed by atoms with Crippen LogP contribution < -0.4 is 0 Å². The normalized spacial score (nSPS) is 21.2. The molecule has 0 atom stereocenters. The van der Waals surface area contributed by atoms with Crippen LogP contribution in [0.5, 0.6) is 0 Å². The molecular formula is C5H10N2O. The van der Waals surface area contributed by atoms with E-state index in [1.54, 1.807) is 0 Å². The van der Waals surface area contributed by atoms with Crippen LogP contribution in [0.3, 0.4) is 0 Å². The molecule has 1 N–H and O–H groups in total. The van der Waals surface area contributed by atoms with Crippen LogP contribution in [0.4, 0.5) is 0 Å². The van der Waals surface area contributed by atoms with Crippen LogP contribution in [-0.2, 0) is 0 Å². The third-order valence-electron chi connectivity index (χ3n) is 1.46. The second kappa shape index (κ2) is 1.82. The quantitative estimate of drug-likeness (QED) is 0.583. The van der Waals surface area contributed by atoms with Crippen LogP contribution in [0.1, 0.15) is 19.8 Å². The molecule has 0 spiro atoms. The molecule has 1 heterocycles. The Morgan fingerprint density at radius 3 is 2.25 bits per heavy atom. The maximum atomic E-state index is 8.45. The van der Waals surface area contributed by atoms with Crippen molar-refractivity contribution < 1.29 is 5.11 Å². The zero-order valence-electron chi connectivity index (χ0n) is 4.96. The van der Waals surface area contributed by atoms with Gasteiger partial charge in [0.05, 0.1) is 0 Å². The molecule has 1 aliphatic heterocycles. The predicted molar refractivity (Wildman–Crippen MR) is 29.6 cm³/mol. The van der Waals surface area contributed by atoms with Crippen molar-refractivity contribution in [2.45, 2.75) is 25.4 Å². The van der Waals surface area contributed by atoms with Crippen LogP contribution in [-0.4, -0.2) is 17.4 Å². The lowest BCUT2D eigenvalue weighted by atomic mass is 10.1. The first-order valence-corrected chi connectivity index (χ1v) is 2.88. The van der Waals surface area contributed by atoms with E-state index in [0.29, 0.717) is 6.42 Å². The molecule has 0 unspecified atom stereocenters. The van der Waals surface area contributed by atoms with Crippen molar-refractivity contribution in [2.24, 2.45) is 10.2 Å². The van der Waals surface area contributed by atoms with E-state index in [9.17, 15) is 0 Å². The second-order valence-corrected chi connectivity index (χ2v) is 2.01.